The molecule has 0 saturated heterocycles. The number of amides is 1. The van der Waals surface area contributed by atoms with Crippen LogP contribution in [0.2, 0.25) is 0 Å². The third-order valence-electron chi connectivity index (χ3n) is 4.45. The van der Waals surface area contributed by atoms with Gasteiger partial charge in [0, 0.05) is 33.0 Å². The van der Waals surface area contributed by atoms with Crippen LogP contribution in [-0.4, -0.2) is 20.9 Å². The summed E-state index contributed by atoms with van der Waals surface area (Å²) in [6.45, 7) is 2.43. The van der Waals surface area contributed by atoms with E-state index >= 15 is 0 Å². The van der Waals surface area contributed by atoms with Gasteiger partial charge in [0.2, 0.25) is 0 Å². The third kappa shape index (κ3) is 2.59. The highest BCUT2D eigenvalue weighted by atomic mass is 79.9. The zero-order valence-electron chi connectivity index (χ0n) is 13.9. The second-order valence-corrected chi connectivity index (χ2v) is 8.54. The van der Waals surface area contributed by atoms with E-state index < -0.39 is 10.0 Å². The summed E-state index contributed by atoms with van der Waals surface area (Å²) in [5.74, 6) is -0.0940. The van der Waals surface area contributed by atoms with Crippen LogP contribution in [0, 0.1) is 0 Å². The summed E-state index contributed by atoms with van der Waals surface area (Å²) >= 11 is 3.33. The van der Waals surface area contributed by atoms with E-state index in [2.05, 4.69) is 20.7 Å². The molecule has 7 heteroatoms. The number of rotatable bonds is 4. The van der Waals surface area contributed by atoms with E-state index in [4.69, 9.17) is 0 Å². The topological polar surface area (TPSA) is 66.5 Å². The van der Waals surface area contributed by atoms with Crippen LogP contribution in [0.3, 0.4) is 0 Å². The quantitative estimate of drug-likeness (QED) is 0.667. The van der Waals surface area contributed by atoms with E-state index in [1.807, 2.05) is 6.92 Å². The smallest absolute Gasteiger partial charge is 0.262 e. The van der Waals surface area contributed by atoms with Gasteiger partial charge in [0.15, 0.2) is 0 Å². The van der Waals surface area contributed by atoms with Gasteiger partial charge in [-0.3, -0.25) is 9.52 Å². The number of hydrogen-bond donors (Lipinski definition) is 1. The predicted octanol–water partition coefficient (Wildman–Crippen LogP) is 4.38. The van der Waals surface area contributed by atoms with E-state index in [1.54, 1.807) is 59.5 Å². The van der Waals surface area contributed by atoms with Crippen LogP contribution in [0.15, 0.2) is 64.0 Å². The number of halogens is 1. The molecule has 26 heavy (non-hydrogen) atoms. The van der Waals surface area contributed by atoms with Crippen molar-refractivity contribution in [3.05, 3.63) is 64.6 Å². The minimum atomic E-state index is -3.80. The van der Waals surface area contributed by atoms with E-state index in [0.717, 1.165) is 10.2 Å². The number of nitrogens with zero attached hydrogens (tertiary/aromatic N) is 1. The Bertz CT molecular complexity index is 1140. The van der Waals surface area contributed by atoms with Crippen LogP contribution in [-0.2, 0) is 10.0 Å². The zero-order chi connectivity index (χ0) is 18.5. The van der Waals surface area contributed by atoms with Crippen molar-refractivity contribution in [2.75, 3.05) is 16.2 Å². The van der Waals surface area contributed by atoms with Crippen LogP contribution in [0.25, 0.3) is 10.8 Å². The summed E-state index contributed by atoms with van der Waals surface area (Å²) in [5, 5.41) is 1.24. The van der Waals surface area contributed by atoms with Crippen molar-refractivity contribution in [2.24, 2.45) is 0 Å². The molecule has 1 amide bonds. The molecule has 0 aromatic heterocycles. The molecule has 0 spiro atoms. The van der Waals surface area contributed by atoms with Gasteiger partial charge in [-0.15, -0.1) is 0 Å². The SMILES string of the molecule is CCN1C(=O)c2cccc3c(S(=O)(=O)Nc4ccc(Br)cc4)ccc1c23. The average molecular weight is 431 g/mol. The molecular formula is C19H15BrN2O3S. The minimum absolute atomic E-state index is 0.0940. The molecule has 0 fully saturated rings. The number of carbonyl (C=O) groups excluding carboxylic acids is 1. The van der Waals surface area contributed by atoms with E-state index in [-0.39, 0.29) is 10.8 Å². The maximum absolute atomic E-state index is 13.0. The molecule has 0 aliphatic carbocycles. The average Bonchev–Trinajstić information content (AvgIpc) is 2.90. The van der Waals surface area contributed by atoms with Crippen LogP contribution in [0.5, 0.6) is 0 Å². The predicted molar refractivity (Wildman–Crippen MR) is 106 cm³/mol. The van der Waals surface area contributed by atoms with Crippen molar-refractivity contribution in [3.63, 3.8) is 0 Å². The number of anilines is 2. The van der Waals surface area contributed by atoms with Crippen molar-refractivity contribution in [2.45, 2.75) is 11.8 Å². The molecule has 1 aliphatic rings. The van der Waals surface area contributed by atoms with Gasteiger partial charge in [0.25, 0.3) is 15.9 Å². The van der Waals surface area contributed by atoms with Crippen molar-refractivity contribution < 1.29 is 13.2 Å². The molecule has 0 atom stereocenters. The largest absolute Gasteiger partial charge is 0.308 e. The lowest BCUT2D eigenvalue weighted by Gasteiger charge is -2.16. The number of benzene rings is 3. The summed E-state index contributed by atoms with van der Waals surface area (Å²) in [5.41, 5.74) is 1.77. The number of nitrogens with one attached hydrogen (secondary N) is 1. The van der Waals surface area contributed by atoms with Crippen molar-refractivity contribution in [3.8, 4) is 0 Å². The van der Waals surface area contributed by atoms with Crippen LogP contribution in [0.1, 0.15) is 17.3 Å². The minimum Gasteiger partial charge on any atom is -0.308 e. The number of sulfonamides is 1. The second-order valence-electron chi connectivity index (χ2n) is 5.97. The van der Waals surface area contributed by atoms with Gasteiger partial charge in [-0.1, -0.05) is 28.1 Å². The molecule has 0 unspecified atom stereocenters. The summed E-state index contributed by atoms with van der Waals surface area (Å²) in [6.07, 6.45) is 0. The summed E-state index contributed by atoms with van der Waals surface area (Å²) in [7, 11) is -3.80. The van der Waals surface area contributed by atoms with Gasteiger partial charge in [-0.25, -0.2) is 8.42 Å². The molecule has 0 radical (unpaired) electrons. The lowest BCUT2D eigenvalue weighted by molar-refractivity contribution is 0.0994. The highest BCUT2D eigenvalue weighted by Crippen LogP contribution is 2.40. The van der Waals surface area contributed by atoms with Crippen molar-refractivity contribution >= 4 is 54.0 Å². The Morgan fingerprint density at radius 2 is 1.77 bits per heavy atom. The molecular weight excluding hydrogens is 416 g/mol. The first kappa shape index (κ1) is 17.1. The molecule has 1 N–H and O–H groups in total. The molecule has 4 rings (SSSR count). The highest BCUT2D eigenvalue weighted by molar-refractivity contribution is 9.10. The van der Waals surface area contributed by atoms with Crippen molar-refractivity contribution in [1.82, 2.24) is 0 Å². The van der Waals surface area contributed by atoms with E-state index in [9.17, 15) is 13.2 Å². The van der Waals surface area contributed by atoms with Gasteiger partial charge >= 0.3 is 0 Å². The highest BCUT2D eigenvalue weighted by Gasteiger charge is 2.31. The van der Waals surface area contributed by atoms with Gasteiger partial charge in [-0.2, -0.15) is 0 Å². The summed E-state index contributed by atoms with van der Waals surface area (Å²) < 4.78 is 29.4. The molecule has 0 saturated carbocycles. The van der Waals surface area contributed by atoms with Crippen LogP contribution in [0.4, 0.5) is 11.4 Å². The first-order valence-electron chi connectivity index (χ1n) is 8.08. The number of hydrogen-bond acceptors (Lipinski definition) is 3. The first-order valence-corrected chi connectivity index (χ1v) is 10.4. The fourth-order valence-corrected chi connectivity index (χ4v) is 4.82. The maximum atomic E-state index is 13.0. The second kappa shape index (κ2) is 6.10. The molecule has 3 aromatic carbocycles. The van der Waals surface area contributed by atoms with Gasteiger partial charge in [-0.05, 0) is 49.4 Å². The zero-order valence-corrected chi connectivity index (χ0v) is 16.3. The standard InChI is InChI=1S/C19H15BrN2O3S/c1-2-22-16-10-11-17(14-4-3-5-15(18(14)16)19(22)23)26(24,25)21-13-8-6-12(20)7-9-13/h3-11,21H,2H2,1H3. The Hall–Kier alpha value is -2.38. The fourth-order valence-electron chi connectivity index (χ4n) is 3.30. The lowest BCUT2D eigenvalue weighted by Crippen LogP contribution is -2.25. The Morgan fingerprint density at radius 1 is 1.04 bits per heavy atom. The Labute approximate surface area is 159 Å². The maximum Gasteiger partial charge on any atom is 0.262 e. The van der Waals surface area contributed by atoms with Gasteiger partial charge in [0.1, 0.15) is 0 Å². The van der Waals surface area contributed by atoms with Gasteiger partial charge in [0.05, 0.1) is 10.6 Å². The van der Waals surface area contributed by atoms with Gasteiger partial charge < -0.3 is 4.90 Å². The molecule has 5 nitrogen and oxygen atoms in total. The third-order valence-corrected chi connectivity index (χ3v) is 6.42. The van der Waals surface area contributed by atoms with Crippen LogP contribution < -0.4 is 9.62 Å². The van der Waals surface area contributed by atoms with Crippen LogP contribution >= 0.6 is 15.9 Å². The molecule has 1 heterocycles. The monoisotopic (exact) mass is 430 g/mol. The van der Waals surface area contributed by atoms with E-state index in [0.29, 0.717) is 28.6 Å². The normalized spacial score (nSPS) is 13.5. The fraction of sp³-hybridized carbons (Fsp3) is 0.105. The molecule has 3 aromatic rings. The number of carbonyl (C=O) groups is 1. The molecule has 132 valence electrons. The lowest BCUT2D eigenvalue weighted by atomic mass is 10.1. The Morgan fingerprint density at radius 3 is 2.46 bits per heavy atom. The summed E-state index contributed by atoms with van der Waals surface area (Å²) in [4.78, 5) is 14.4. The van der Waals surface area contributed by atoms with Crippen molar-refractivity contribution in [1.29, 1.82) is 0 Å². The Balaban J connectivity index is 1.87. The first-order chi connectivity index (χ1) is 12.4. The Kier molecular flexibility index (Phi) is 4.00. The molecule has 0 bridgehead atoms. The molecule has 1 aliphatic heterocycles. The van der Waals surface area contributed by atoms with E-state index in [1.165, 1.54) is 0 Å². The summed E-state index contributed by atoms with van der Waals surface area (Å²) in [6, 6.07) is 15.4.